The predicted molar refractivity (Wildman–Crippen MR) is 79.6 cm³/mol. The molecule has 1 aliphatic carbocycles. The van der Waals surface area contributed by atoms with Crippen molar-refractivity contribution in [2.75, 3.05) is 13.1 Å². The number of likely N-dealkylation sites (tertiary alicyclic amines) is 1. The summed E-state index contributed by atoms with van der Waals surface area (Å²) < 4.78 is 2.05. The number of nitrogens with zero attached hydrogens (tertiary/aromatic N) is 3. The van der Waals surface area contributed by atoms with Crippen LogP contribution >= 0.6 is 0 Å². The third-order valence-corrected chi connectivity index (χ3v) is 5.15. The summed E-state index contributed by atoms with van der Waals surface area (Å²) in [5.74, 6) is 1.05. The van der Waals surface area contributed by atoms with Gasteiger partial charge in [-0.2, -0.15) is 0 Å². The number of amides is 1. The fourth-order valence-electron chi connectivity index (χ4n) is 3.95. The average molecular weight is 291 g/mol. The van der Waals surface area contributed by atoms with Crippen molar-refractivity contribution >= 4 is 5.91 Å². The Morgan fingerprint density at radius 3 is 2.95 bits per heavy atom. The van der Waals surface area contributed by atoms with Gasteiger partial charge >= 0.3 is 0 Å². The zero-order valence-corrected chi connectivity index (χ0v) is 12.7. The lowest BCUT2D eigenvalue weighted by Crippen LogP contribution is -2.32. The van der Waals surface area contributed by atoms with Crippen LogP contribution in [0.5, 0.6) is 0 Å². The van der Waals surface area contributed by atoms with Crippen molar-refractivity contribution in [3.05, 3.63) is 18.7 Å². The first-order valence-corrected chi connectivity index (χ1v) is 8.12. The molecule has 2 fully saturated rings. The van der Waals surface area contributed by atoms with Gasteiger partial charge in [-0.05, 0) is 25.2 Å². The number of rotatable bonds is 5. The molecule has 1 aromatic heterocycles. The van der Waals surface area contributed by atoms with Crippen molar-refractivity contribution < 1.29 is 9.90 Å². The average Bonchev–Trinajstić information content (AvgIpc) is 3.17. The van der Waals surface area contributed by atoms with Crippen LogP contribution in [0.1, 0.15) is 45.1 Å². The minimum atomic E-state index is -0.201. The lowest BCUT2D eigenvalue weighted by atomic mass is 10.00. The molecule has 2 heterocycles. The highest BCUT2D eigenvalue weighted by Crippen LogP contribution is 2.38. The van der Waals surface area contributed by atoms with E-state index in [1.165, 1.54) is 0 Å². The van der Waals surface area contributed by atoms with Gasteiger partial charge in [-0.1, -0.05) is 13.3 Å². The number of imidazole rings is 1. The Labute approximate surface area is 126 Å². The van der Waals surface area contributed by atoms with E-state index >= 15 is 0 Å². The molecule has 1 amide bonds. The summed E-state index contributed by atoms with van der Waals surface area (Å²) in [5, 5.41) is 9.96. The van der Waals surface area contributed by atoms with Gasteiger partial charge in [0.1, 0.15) is 0 Å². The van der Waals surface area contributed by atoms with Crippen molar-refractivity contribution in [1.82, 2.24) is 14.5 Å². The van der Waals surface area contributed by atoms with Crippen LogP contribution in [-0.2, 0) is 4.79 Å². The third-order valence-electron chi connectivity index (χ3n) is 5.15. The molecule has 0 spiro atoms. The van der Waals surface area contributed by atoms with Crippen LogP contribution in [0, 0.1) is 11.8 Å². The van der Waals surface area contributed by atoms with Crippen LogP contribution in [0.15, 0.2) is 18.7 Å². The summed E-state index contributed by atoms with van der Waals surface area (Å²) in [6.45, 7) is 3.72. The van der Waals surface area contributed by atoms with Crippen LogP contribution in [0.3, 0.4) is 0 Å². The predicted octanol–water partition coefficient (Wildman–Crippen LogP) is 1.84. The Balaban J connectivity index is 1.60. The molecule has 1 N–H and O–H groups in total. The molecule has 1 saturated carbocycles. The highest BCUT2D eigenvalue weighted by atomic mass is 16.3. The summed E-state index contributed by atoms with van der Waals surface area (Å²) >= 11 is 0. The summed E-state index contributed by atoms with van der Waals surface area (Å²) in [4.78, 5) is 18.6. The van der Waals surface area contributed by atoms with Crippen molar-refractivity contribution in [2.24, 2.45) is 11.8 Å². The van der Waals surface area contributed by atoms with Crippen LogP contribution < -0.4 is 0 Å². The zero-order valence-electron chi connectivity index (χ0n) is 12.7. The lowest BCUT2D eigenvalue weighted by molar-refractivity contribution is -0.131. The zero-order chi connectivity index (χ0) is 14.8. The summed E-state index contributed by atoms with van der Waals surface area (Å²) in [5.41, 5.74) is 0. The quantitative estimate of drug-likeness (QED) is 0.900. The number of carbonyl (C=O) groups excluding carboxylic acids is 1. The molecule has 21 heavy (non-hydrogen) atoms. The fraction of sp³-hybridized carbons (Fsp3) is 0.750. The van der Waals surface area contributed by atoms with E-state index in [0.717, 1.165) is 38.8 Å². The fourth-order valence-corrected chi connectivity index (χ4v) is 3.95. The number of hydrogen-bond donors (Lipinski definition) is 1. The topological polar surface area (TPSA) is 58.4 Å². The maximum atomic E-state index is 12.6. The number of fused-ring (bicyclic) bond motifs is 1. The van der Waals surface area contributed by atoms with Gasteiger partial charge in [0, 0.05) is 43.9 Å². The van der Waals surface area contributed by atoms with E-state index in [9.17, 15) is 9.90 Å². The Bertz CT molecular complexity index is 474. The number of aliphatic hydroxyl groups is 1. The van der Waals surface area contributed by atoms with Gasteiger partial charge in [0.25, 0.3) is 0 Å². The van der Waals surface area contributed by atoms with E-state index in [2.05, 4.69) is 11.9 Å². The maximum Gasteiger partial charge on any atom is 0.224 e. The Morgan fingerprint density at radius 2 is 2.29 bits per heavy atom. The van der Waals surface area contributed by atoms with Crippen molar-refractivity contribution in [2.45, 2.75) is 51.2 Å². The molecule has 116 valence electrons. The number of aliphatic hydroxyl groups excluding tert-OH is 1. The van der Waals surface area contributed by atoms with Crippen molar-refractivity contribution in [1.29, 1.82) is 0 Å². The Kier molecular flexibility index (Phi) is 4.29. The molecule has 0 bridgehead atoms. The van der Waals surface area contributed by atoms with E-state index in [4.69, 9.17) is 0 Å². The summed E-state index contributed by atoms with van der Waals surface area (Å²) in [6, 6.07) is 0.204. The molecule has 5 nitrogen and oxygen atoms in total. The van der Waals surface area contributed by atoms with E-state index in [1.54, 1.807) is 12.5 Å². The molecule has 0 aromatic carbocycles. The lowest BCUT2D eigenvalue weighted by Gasteiger charge is -2.23. The van der Waals surface area contributed by atoms with Gasteiger partial charge in [-0.3, -0.25) is 4.79 Å². The highest BCUT2D eigenvalue weighted by molar-refractivity contribution is 5.77. The van der Waals surface area contributed by atoms with E-state index < -0.39 is 0 Å². The molecule has 1 saturated heterocycles. The SMILES string of the molecule is CCCC(CC(=O)N1CC2CCC(O)C2C1)n1ccnc1. The van der Waals surface area contributed by atoms with Crippen LogP contribution in [-0.4, -0.2) is 44.7 Å². The van der Waals surface area contributed by atoms with E-state index in [0.29, 0.717) is 18.3 Å². The molecule has 3 rings (SSSR count). The second-order valence-corrected chi connectivity index (χ2v) is 6.52. The minimum absolute atomic E-state index is 0.201. The van der Waals surface area contributed by atoms with Gasteiger partial charge in [-0.15, -0.1) is 0 Å². The first kappa shape index (κ1) is 14.6. The van der Waals surface area contributed by atoms with Crippen LogP contribution in [0.25, 0.3) is 0 Å². The second-order valence-electron chi connectivity index (χ2n) is 6.52. The van der Waals surface area contributed by atoms with Crippen LogP contribution in [0.2, 0.25) is 0 Å². The van der Waals surface area contributed by atoms with Gasteiger partial charge in [0.15, 0.2) is 0 Å². The second kappa shape index (κ2) is 6.18. The molecule has 5 heteroatoms. The molecule has 1 aromatic rings. The molecule has 0 radical (unpaired) electrons. The number of hydrogen-bond acceptors (Lipinski definition) is 3. The summed E-state index contributed by atoms with van der Waals surface area (Å²) in [6.07, 6.45) is 9.87. The normalized spacial score (nSPS) is 29.6. The van der Waals surface area contributed by atoms with E-state index in [-0.39, 0.29) is 18.1 Å². The van der Waals surface area contributed by atoms with Gasteiger partial charge in [0.2, 0.25) is 5.91 Å². The molecule has 1 aliphatic heterocycles. The van der Waals surface area contributed by atoms with Gasteiger partial charge in [0.05, 0.1) is 12.4 Å². The van der Waals surface area contributed by atoms with Gasteiger partial charge in [-0.25, -0.2) is 4.98 Å². The smallest absolute Gasteiger partial charge is 0.224 e. The minimum Gasteiger partial charge on any atom is -0.393 e. The monoisotopic (exact) mass is 291 g/mol. The van der Waals surface area contributed by atoms with Crippen molar-refractivity contribution in [3.63, 3.8) is 0 Å². The van der Waals surface area contributed by atoms with Gasteiger partial charge < -0.3 is 14.6 Å². The first-order chi connectivity index (χ1) is 10.2. The standard InChI is InChI=1S/C16H25N3O2/c1-2-3-13(18-7-6-17-11-18)8-16(21)19-9-12-4-5-15(20)14(12)10-19/h6-7,11-15,20H,2-5,8-10H2,1H3. The maximum absolute atomic E-state index is 12.6. The highest BCUT2D eigenvalue weighted by Gasteiger charge is 2.43. The molecule has 4 atom stereocenters. The molecule has 4 unspecified atom stereocenters. The molecule has 2 aliphatic rings. The van der Waals surface area contributed by atoms with Crippen LogP contribution in [0.4, 0.5) is 0 Å². The van der Waals surface area contributed by atoms with E-state index in [1.807, 2.05) is 15.7 Å². The third kappa shape index (κ3) is 2.98. The largest absolute Gasteiger partial charge is 0.393 e. The number of carbonyl (C=O) groups is 1. The Hall–Kier alpha value is -1.36. The molecular weight excluding hydrogens is 266 g/mol. The molecular formula is C16H25N3O2. The summed E-state index contributed by atoms with van der Waals surface area (Å²) in [7, 11) is 0. The first-order valence-electron chi connectivity index (χ1n) is 8.12. The Morgan fingerprint density at radius 1 is 1.43 bits per heavy atom. The number of aromatic nitrogens is 2. The van der Waals surface area contributed by atoms with Crippen molar-refractivity contribution in [3.8, 4) is 0 Å².